The van der Waals surface area contributed by atoms with Crippen LogP contribution in [0.25, 0.3) is 0 Å². The fraction of sp³-hybridized carbons (Fsp3) is 0.474. The first-order valence-corrected chi connectivity index (χ1v) is 8.70. The van der Waals surface area contributed by atoms with E-state index in [0.717, 1.165) is 49.4 Å². The minimum absolute atomic E-state index is 0.145. The van der Waals surface area contributed by atoms with Crippen LogP contribution in [0.2, 0.25) is 0 Å². The highest BCUT2D eigenvalue weighted by Crippen LogP contribution is 2.16. The zero-order valence-electron chi connectivity index (χ0n) is 14.5. The van der Waals surface area contributed by atoms with Crippen molar-refractivity contribution in [1.29, 1.82) is 0 Å². The van der Waals surface area contributed by atoms with Gasteiger partial charge in [0.2, 0.25) is 5.91 Å². The minimum atomic E-state index is 0.145. The van der Waals surface area contributed by atoms with Crippen LogP contribution in [0.3, 0.4) is 0 Å². The molecule has 1 saturated heterocycles. The monoisotopic (exact) mass is 326 g/mol. The zero-order valence-corrected chi connectivity index (χ0v) is 14.5. The molecule has 1 amide bonds. The molecule has 1 aliphatic heterocycles. The van der Waals surface area contributed by atoms with Crippen LogP contribution in [0, 0.1) is 19.8 Å². The summed E-state index contributed by atoms with van der Waals surface area (Å²) in [5.74, 6) is 0.317. The van der Waals surface area contributed by atoms with Crippen molar-refractivity contribution in [3.05, 3.63) is 52.8 Å². The second kappa shape index (κ2) is 7.62. The highest BCUT2D eigenvalue weighted by atomic mass is 16.1. The van der Waals surface area contributed by atoms with E-state index < -0.39 is 0 Å². The van der Waals surface area contributed by atoms with Crippen molar-refractivity contribution in [1.82, 2.24) is 20.4 Å². The van der Waals surface area contributed by atoms with Gasteiger partial charge in [0.25, 0.3) is 0 Å². The van der Waals surface area contributed by atoms with Crippen molar-refractivity contribution in [2.45, 2.75) is 39.8 Å². The molecular formula is C19H26N4O. The molecule has 1 aliphatic rings. The van der Waals surface area contributed by atoms with Gasteiger partial charge in [0.15, 0.2) is 0 Å². The number of aromatic nitrogens is 2. The Hall–Kier alpha value is -2.14. The Morgan fingerprint density at radius 2 is 1.96 bits per heavy atom. The zero-order chi connectivity index (χ0) is 16.9. The highest BCUT2D eigenvalue weighted by molar-refractivity contribution is 5.78. The smallest absolute Gasteiger partial charge is 0.223 e. The lowest BCUT2D eigenvalue weighted by atomic mass is 9.97. The maximum absolute atomic E-state index is 12.3. The number of nitrogens with zero attached hydrogens (tertiary/aromatic N) is 2. The van der Waals surface area contributed by atoms with Gasteiger partial charge >= 0.3 is 0 Å². The molecule has 1 aromatic carbocycles. The molecule has 0 saturated carbocycles. The van der Waals surface area contributed by atoms with Gasteiger partial charge in [0.1, 0.15) is 0 Å². The first kappa shape index (κ1) is 16.7. The van der Waals surface area contributed by atoms with Gasteiger partial charge in [-0.1, -0.05) is 30.3 Å². The molecule has 0 unspecified atom stereocenters. The number of amides is 1. The van der Waals surface area contributed by atoms with Crippen molar-refractivity contribution in [2.24, 2.45) is 5.92 Å². The summed E-state index contributed by atoms with van der Waals surface area (Å²) in [4.78, 5) is 12.3. The van der Waals surface area contributed by atoms with Crippen LogP contribution < -0.4 is 10.6 Å². The van der Waals surface area contributed by atoms with Crippen LogP contribution in [0.1, 0.15) is 35.4 Å². The number of piperidine rings is 1. The summed E-state index contributed by atoms with van der Waals surface area (Å²) in [6.45, 7) is 7.29. The molecular weight excluding hydrogens is 300 g/mol. The lowest BCUT2D eigenvalue weighted by molar-refractivity contribution is -0.125. The molecule has 0 aliphatic carbocycles. The fourth-order valence-electron chi connectivity index (χ4n) is 3.30. The second-order valence-corrected chi connectivity index (χ2v) is 6.53. The first-order valence-electron chi connectivity index (χ1n) is 8.70. The summed E-state index contributed by atoms with van der Waals surface area (Å²) in [6, 6.07) is 10.3. The van der Waals surface area contributed by atoms with Crippen LogP contribution >= 0.6 is 0 Å². The molecule has 0 bridgehead atoms. The Kier molecular flexibility index (Phi) is 5.30. The van der Waals surface area contributed by atoms with Crippen LogP contribution in [0.15, 0.2) is 30.3 Å². The van der Waals surface area contributed by atoms with Gasteiger partial charge in [0.05, 0.1) is 12.2 Å². The van der Waals surface area contributed by atoms with Gasteiger partial charge in [0, 0.05) is 23.7 Å². The number of carbonyl (C=O) groups excluding carboxylic acids is 1. The molecule has 5 heteroatoms. The molecule has 0 atom stereocenters. The van der Waals surface area contributed by atoms with E-state index in [4.69, 9.17) is 0 Å². The molecule has 0 spiro atoms. The van der Waals surface area contributed by atoms with Gasteiger partial charge < -0.3 is 10.6 Å². The predicted molar refractivity (Wildman–Crippen MR) is 94.7 cm³/mol. The van der Waals surface area contributed by atoms with E-state index in [9.17, 15) is 4.79 Å². The summed E-state index contributed by atoms with van der Waals surface area (Å²) < 4.78 is 2.02. The van der Waals surface area contributed by atoms with Gasteiger partial charge in [-0.3, -0.25) is 9.48 Å². The Labute approximate surface area is 143 Å². The van der Waals surface area contributed by atoms with Crippen LogP contribution in [-0.2, 0) is 17.9 Å². The van der Waals surface area contributed by atoms with Crippen LogP contribution in [-0.4, -0.2) is 28.8 Å². The van der Waals surface area contributed by atoms with E-state index in [0.29, 0.717) is 6.54 Å². The number of aryl methyl sites for hydroxylation is 1. The van der Waals surface area contributed by atoms with Crippen LogP contribution in [0.4, 0.5) is 0 Å². The van der Waals surface area contributed by atoms with Gasteiger partial charge in [-0.05, 0) is 45.3 Å². The summed E-state index contributed by atoms with van der Waals surface area (Å²) in [6.07, 6.45) is 1.86. The lowest BCUT2D eigenvalue weighted by Gasteiger charge is -2.21. The number of benzene rings is 1. The molecule has 24 heavy (non-hydrogen) atoms. The third kappa shape index (κ3) is 3.85. The standard InChI is InChI=1S/C19H26N4O/c1-14-18(12-21-19(24)17-8-10-20-11-9-17)15(2)23(22-14)13-16-6-4-3-5-7-16/h3-7,17,20H,8-13H2,1-2H3,(H,21,24). The lowest BCUT2D eigenvalue weighted by Crippen LogP contribution is -2.38. The van der Waals surface area contributed by atoms with Gasteiger partial charge in [-0.2, -0.15) is 5.10 Å². The minimum Gasteiger partial charge on any atom is -0.352 e. The largest absolute Gasteiger partial charge is 0.352 e. The molecule has 0 radical (unpaired) electrons. The normalized spacial score (nSPS) is 15.4. The maximum atomic E-state index is 12.3. The molecule has 2 aromatic rings. The third-order valence-electron chi connectivity index (χ3n) is 4.86. The predicted octanol–water partition coefficient (Wildman–Crippen LogP) is 2.16. The van der Waals surface area contributed by atoms with Crippen molar-refractivity contribution in [2.75, 3.05) is 13.1 Å². The first-order chi connectivity index (χ1) is 11.6. The van der Waals surface area contributed by atoms with Crippen molar-refractivity contribution < 1.29 is 4.79 Å². The molecule has 128 valence electrons. The van der Waals surface area contributed by atoms with E-state index >= 15 is 0 Å². The summed E-state index contributed by atoms with van der Waals surface area (Å²) >= 11 is 0. The Balaban J connectivity index is 1.64. The number of hydrogen-bond donors (Lipinski definition) is 2. The average molecular weight is 326 g/mol. The molecule has 1 fully saturated rings. The van der Waals surface area contributed by atoms with E-state index in [2.05, 4.69) is 34.8 Å². The highest BCUT2D eigenvalue weighted by Gasteiger charge is 2.21. The van der Waals surface area contributed by atoms with E-state index in [1.54, 1.807) is 0 Å². The topological polar surface area (TPSA) is 59.0 Å². The second-order valence-electron chi connectivity index (χ2n) is 6.53. The number of carbonyl (C=O) groups is 1. The van der Waals surface area contributed by atoms with Crippen molar-refractivity contribution in [3.8, 4) is 0 Å². The quantitative estimate of drug-likeness (QED) is 0.885. The number of hydrogen-bond acceptors (Lipinski definition) is 3. The molecule has 5 nitrogen and oxygen atoms in total. The SMILES string of the molecule is Cc1nn(Cc2ccccc2)c(C)c1CNC(=O)C1CCNCC1. The molecule has 2 N–H and O–H groups in total. The van der Waals surface area contributed by atoms with Crippen molar-refractivity contribution in [3.63, 3.8) is 0 Å². The number of nitrogens with one attached hydrogen (secondary N) is 2. The van der Waals surface area contributed by atoms with Crippen molar-refractivity contribution >= 4 is 5.91 Å². The van der Waals surface area contributed by atoms with E-state index in [1.807, 2.05) is 29.8 Å². The Bertz CT molecular complexity index is 687. The molecule has 1 aromatic heterocycles. The van der Waals surface area contributed by atoms with Gasteiger partial charge in [-0.15, -0.1) is 0 Å². The summed E-state index contributed by atoms with van der Waals surface area (Å²) in [5, 5.41) is 11.1. The Morgan fingerprint density at radius 3 is 2.67 bits per heavy atom. The summed E-state index contributed by atoms with van der Waals surface area (Å²) in [7, 11) is 0. The van der Waals surface area contributed by atoms with Crippen LogP contribution in [0.5, 0.6) is 0 Å². The summed E-state index contributed by atoms with van der Waals surface area (Å²) in [5.41, 5.74) is 4.48. The molecule has 2 heterocycles. The Morgan fingerprint density at radius 1 is 1.25 bits per heavy atom. The third-order valence-corrected chi connectivity index (χ3v) is 4.86. The average Bonchev–Trinajstić information content (AvgIpc) is 2.88. The van der Waals surface area contributed by atoms with Gasteiger partial charge in [-0.25, -0.2) is 0 Å². The maximum Gasteiger partial charge on any atom is 0.223 e. The van der Waals surface area contributed by atoms with E-state index in [1.165, 1.54) is 5.56 Å². The molecule has 3 rings (SSSR count). The number of rotatable bonds is 5. The fourth-order valence-corrected chi connectivity index (χ4v) is 3.30. The van der Waals surface area contributed by atoms with E-state index in [-0.39, 0.29) is 11.8 Å².